The maximum absolute atomic E-state index is 11.4. The Bertz CT molecular complexity index is 1170. The second-order valence-corrected chi connectivity index (χ2v) is 8.24. The molecule has 0 amide bonds. The lowest BCUT2D eigenvalue weighted by Crippen LogP contribution is -2.14. The number of nitrogens with zero attached hydrogens (tertiary/aromatic N) is 3. The van der Waals surface area contributed by atoms with Crippen molar-refractivity contribution in [1.29, 1.82) is 0 Å². The summed E-state index contributed by atoms with van der Waals surface area (Å²) in [6.07, 6.45) is 0.406. The molecule has 1 aromatic heterocycles. The molecule has 0 atom stereocenters. The van der Waals surface area contributed by atoms with Crippen LogP contribution >= 0.6 is 0 Å². The quantitative estimate of drug-likeness (QED) is 0.440. The summed E-state index contributed by atoms with van der Waals surface area (Å²) in [6.45, 7) is 9.22. The number of aliphatic carboxylic acids is 1. The Morgan fingerprint density at radius 1 is 1.10 bits per heavy atom. The van der Waals surface area contributed by atoms with Gasteiger partial charge in [-0.25, -0.2) is 4.79 Å². The van der Waals surface area contributed by atoms with E-state index in [1.54, 1.807) is 37.4 Å². The molecule has 0 unspecified atom stereocenters. The summed E-state index contributed by atoms with van der Waals surface area (Å²) in [7, 11) is 1.58. The SMILES string of the molecule is CC/C(Oc1cc(-n2nc3ccc(OC)cc3n2)c(O)c(C(C)(C)C)c1)=C(/C)C(=O)O. The van der Waals surface area contributed by atoms with Crippen LogP contribution in [0, 0.1) is 0 Å². The van der Waals surface area contributed by atoms with Crippen LogP contribution in [0.4, 0.5) is 0 Å². The summed E-state index contributed by atoms with van der Waals surface area (Å²) >= 11 is 0. The van der Waals surface area contributed by atoms with Crippen molar-refractivity contribution in [2.75, 3.05) is 7.11 Å². The molecule has 1 heterocycles. The van der Waals surface area contributed by atoms with Gasteiger partial charge in [0, 0.05) is 24.1 Å². The molecule has 0 aliphatic heterocycles. The number of ether oxygens (including phenoxy) is 2. The van der Waals surface area contributed by atoms with E-state index in [9.17, 15) is 15.0 Å². The van der Waals surface area contributed by atoms with Gasteiger partial charge in [-0.1, -0.05) is 27.7 Å². The number of hydrogen-bond donors (Lipinski definition) is 2. The summed E-state index contributed by atoms with van der Waals surface area (Å²) in [6, 6.07) is 8.65. The lowest BCUT2D eigenvalue weighted by molar-refractivity contribution is -0.132. The normalized spacial score (nSPS) is 12.6. The second-order valence-electron chi connectivity index (χ2n) is 8.24. The molecule has 31 heavy (non-hydrogen) atoms. The van der Waals surface area contributed by atoms with Crippen LogP contribution in [0.2, 0.25) is 0 Å². The van der Waals surface area contributed by atoms with Gasteiger partial charge in [-0.2, -0.15) is 0 Å². The molecule has 0 fully saturated rings. The molecule has 8 nitrogen and oxygen atoms in total. The van der Waals surface area contributed by atoms with Crippen molar-refractivity contribution in [2.24, 2.45) is 0 Å². The molecule has 2 N–H and O–H groups in total. The highest BCUT2D eigenvalue weighted by Crippen LogP contribution is 2.39. The summed E-state index contributed by atoms with van der Waals surface area (Å²) in [5.74, 6) is 0.379. The van der Waals surface area contributed by atoms with Crippen LogP contribution in [-0.4, -0.2) is 38.3 Å². The lowest BCUT2D eigenvalue weighted by atomic mass is 9.86. The first-order valence-electron chi connectivity index (χ1n) is 9.95. The highest BCUT2D eigenvalue weighted by molar-refractivity contribution is 5.86. The number of methoxy groups -OCH3 is 1. The summed E-state index contributed by atoms with van der Waals surface area (Å²) in [4.78, 5) is 12.7. The predicted octanol–water partition coefficient (Wildman–Crippen LogP) is 4.58. The van der Waals surface area contributed by atoms with Gasteiger partial charge in [0.05, 0.1) is 12.7 Å². The molecule has 0 aliphatic carbocycles. The van der Waals surface area contributed by atoms with E-state index in [1.165, 1.54) is 11.7 Å². The van der Waals surface area contributed by atoms with Crippen molar-refractivity contribution < 1.29 is 24.5 Å². The summed E-state index contributed by atoms with van der Waals surface area (Å²) in [5, 5.41) is 29.3. The third-order valence-corrected chi connectivity index (χ3v) is 4.98. The van der Waals surface area contributed by atoms with Crippen molar-refractivity contribution in [3.05, 3.63) is 47.2 Å². The van der Waals surface area contributed by atoms with Gasteiger partial charge >= 0.3 is 5.97 Å². The predicted molar refractivity (Wildman–Crippen MR) is 117 cm³/mol. The average molecular weight is 425 g/mol. The molecule has 3 rings (SSSR count). The van der Waals surface area contributed by atoms with Gasteiger partial charge in [-0.15, -0.1) is 15.0 Å². The van der Waals surface area contributed by atoms with Gasteiger partial charge in [0.25, 0.3) is 0 Å². The Hall–Kier alpha value is -3.55. The number of allylic oxidation sites excluding steroid dienone is 1. The zero-order valence-electron chi connectivity index (χ0n) is 18.6. The highest BCUT2D eigenvalue weighted by Gasteiger charge is 2.24. The van der Waals surface area contributed by atoms with Crippen LogP contribution < -0.4 is 9.47 Å². The van der Waals surface area contributed by atoms with Crippen molar-refractivity contribution in [3.8, 4) is 22.9 Å². The smallest absolute Gasteiger partial charge is 0.334 e. The van der Waals surface area contributed by atoms with E-state index in [4.69, 9.17) is 9.47 Å². The fraction of sp³-hybridized carbons (Fsp3) is 0.348. The Morgan fingerprint density at radius 3 is 2.35 bits per heavy atom. The molecule has 3 aromatic rings. The molecule has 0 aliphatic rings. The number of phenols is 1. The molecule has 2 aromatic carbocycles. The van der Waals surface area contributed by atoms with Crippen molar-refractivity contribution >= 4 is 17.0 Å². The standard InChI is InChI=1S/C23H27N3O5/c1-7-20(13(2)22(28)29)31-15-10-16(23(3,4)5)21(27)19(12-15)26-24-17-9-8-14(30-6)11-18(17)25-26/h8-12,27H,7H2,1-6H3,(H,28,29)/b20-13+. The molecular weight excluding hydrogens is 398 g/mol. The maximum Gasteiger partial charge on any atom is 0.334 e. The number of hydrogen-bond acceptors (Lipinski definition) is 6. The van der Waals surface area contributed by atoms with Crippen LogP contribution in [0.5, 0.6) is 17.2 Å². The Morgan fingerprint density at radius 2 is 1.77 bits per heavy atom. The average Bonchev–Trinajstić information content (AvgIpc) is 3.14. The zero-order chi connectivity index (χ0) is 22.9. The first kappa shape index (κ1) is 22.1. The third-order valence-electron chi connectivity index (χ3n) is 4.98. The van der Waals surface area contributed by atoms with E-state index >= 15 is 0 Å². The van der Waals surface area contributed by atoms with E-state index in [1.807, 2.05) is 27.7 Å². The van der Waals surface area contributed by atoms with Gasteiger partial charge < -0.3 is 19.7 Å². The van der Waals surface area contributed by atoms with E-state index in [0.717, 1.165) is 0 Å². The van der Waals surface area contributed by atoms with Crippen molar-refractivity contribution in [2.45, 2.75) is 46.5 Å². The number of benzene rings is 2. The van der Waals surface area contributed by atoms with Crippen LogP contribution in [0.1, 0.15) is 46.6 Å². The molecule has 164 valence electrons. The Kier molecular flexibility index (Phi) is 5.92. The topological polar surface area (TPSA) is 107 Å². The number of carbonyl (C=O) groups is 1. The van der Waals surface area contributed by atoms with Gasteiger partial charge in [0.2, 0.25) is 0 Å². The number of carboxylic acid groups (broad SMARTS) is 1. The maximum atomic E-state index is 11.4. The number of aromatic nitrogens is 3. The fourth-order valence-electron chi connectivity index (χ4n) is 3.18. The molecule has 0 spiro atoms. The van der Waals surface area contributed by atoms with Gasteiger partial charge in [-0.3, -0.25) is 0 Å². The van der Waals surface area contributed by atoms with E-state index in [2.05, 4.69) is 10.2 Å². The number of carboxylic acids is 1. The molecule has 0 saturated carbocycles. The van der Waals surface area contributed by atoms with Crippen molar-refractivity contribution in [3.63, 3.8) is 0 Å². The number of fused-ring (bicyclic) bond motifs is 1. The minimum Gasteiger partial charge on any atom is -0.505 e. The van der Waals surface area contributed by atoms with Crippen LogP contribution in [0.15, 0.2) is 41.7 Å². The third kappa shape index (κ3) is 4.47. The minimum absolute atomic E-state index is 0.0316. The van der Waals surface area contributed by atoms with E-state index < -0.39 is 11.4 Å². The first-order valence-corrected chi connectivity index (χ1v) is 9.95. The molecular formula is C23H27N3O5. The monoisotopic (exact) mass is 425 g/mol. The zero-order valence-corrected chi connectivity index (χ0v) is 18.6. The lowest BCUT2D eigenvalue weighted by Gasteiger charge is -2.23. The van der Waals surface area contributed by atoms with Gasteiger partial charge in [-0.05, 0) is 30.5 Å². The van der Waals surface area contributed by atoms with Crippen LogP contribution in [0.3, 0.4) is 0 Å². The highest BCUT2D eigenvalue weighted by atomic mass is 16.5. The number of rotatable bonds is 6. The van der Waals surface area contributed by atoms with Gasteiger partial charge in [0.1, 0.15) is 39.7 Å². The summed E-state index contributed by atoms with van der Waals surface area (Å²) in [5.41, 5.74) is 1.93. The molecule has 8 heteroatoms. The Balaban J connectivity index is 2.19. The van der Waals surface area contributed by atoms with Crippen LogP contribution in [-0.2, 0) is 10.2 Å². The number of aromatic hydroxyl groups is 1. The van der Waals surface area contributed by atoms with E-state index in [0.29, 0.717) is 46.0 Å². The number of phenolic OH excluding ortho intramolecular Hbond substituents is 1. The molecule has 0 saturated heterocycles. The second kappa shape index (κ2) is 8.29. The van der Waals surface area contributed by atoms with Crippen molar-refractivity contribution in [1.82, 2.24) is 15.0 Å². The largest absolute Gasteiger partial charge is 0.505 e. The summed E-state index contributed by atoms with van der Waals surface area (Å²) < 4.78 is 11.2. The van der Waals surface area contributed by atoms with Gasteiger partial charge in [0.15, 0.2) is 0 Å². The van der Waals surface area contributed by atoms with E-state index in [-0.39, 0.29) is 11.3 Å². The fourth-order valence-corrected chi connectivity index (χ4v) is 3.18. The van der Waals surface area contributed by atoms with Crippen LogP contribution in [0.25, 0.3) is 16.7 Å². The first-order chi connectivity index (χ1) is 14.5. The molecule has 0 bridgehead atoms. The minimum atomic E-state index is -1.04. The molecule has 0 radical (unpaired) electrons. The Labute approximate surface area is 180 Å².